The molecule has 2 heteroatoms. The van der Waals surface area contributed by atoms with E-state index in [9.17, 15) is 0 Å². The summed E-state index contributed by atoms with van der Waals surface area (Å²) < 4.78 is 0.971. The molecule has 0 aliphatic heterocycles. The summed E-state index contributed by atoms with van der Waals surface area (Å²) in [5.41, 5.74) is 1.91. The normalized spacial score (nSPS) is 9.64. The van der Waals surface area contributed by atoms with Crippen molar-refractivity contribution in [2.24, 2.45) is 0 Å². The van der Waals surface area contributed by atoms with Crippen LogP contribution in [0.4, 0.5) is 0 Å². The molecule has 0 aliphatic rings. The van der Waals surface area contributed by atoms with Crippen molar-refractivity contribution in [1.82, 2.24) is 0 Å². The molecule has 0 fully saturated rings. The van der Waals surface area contributed by atoms with Gasteiger partial charge in [0.1, 0.15) is 0 Å². The van der Waals surface area contributed by atoms with Crippen molar-refractivity contribution in [3.8, 4) is 0 Å². The first kappa shape index (κ1) is 8.50. The predicted octanol–water partition coefficient (Wildman–Crippen LogP) is 2.58. The van der Waals surface area contributed by atoms with Crippen LogP contribution in [0.15, 0.2) is 29.3 Å². The fourth-order valence-corrected chi connectivity index (χ4v) is 1.44. The molecule has 1 aromatic carbocycles. The predicted molar refractivity (Wildman–Crippen MR) is 50.2 cm³/mol. The zero-order valence-electron chi connectivity index (χ0n) is 6.05. The first-order valence-corrected chi connectivity index (χ1v) is 4.08. The van der Waals surface area contributed by atoms with Gasteiger partial charge in [0.05, 0.1) is 6.61 Å². The third-order valence-corrected chi connectivity index (χ3v) is 1.86. The number of hydrogen-bond donors (Lipinski definition) is 1. The van der Waals surface area contributed by atoms with E-state index in [-0.39, 0.29) is 6.61 Å². The van der Waals surface area contributed by atoms with E-state index in [1.54, 1.807) is 6.08 Å². The zero-order valence-corrected chi connectivity index (χ0v) is 7.63. The van der Waals surface area contributed by atoms with Crippen molar-refractivity contribution in [2.75, 3.05) is 0 Å². The van der Waals surface area contributed by atoms with Crippen LogP contribution in [-0.2, 0) is 6.61 Å². The zero-order chi connectivity index (χ0) is 8.27. The van der Waals surface area contributed by atoms with E-state index in [1.807, 2.05) is 18.2 Å². The van der Waals surface area contributed by atoms with Gasteiger partial charge in [-0.15, -0.1) is 0 Å². The molecule has 0 unspecified atom stereocenters. The van der Waals surface area contributed by atoms with E-state index in [4.69, 9.17) is 5.11 Å². The summed E-state index contributed by atoms with van der Waals surface area (Å²) in [4.78, 5) is 0. The maximum Gasteiger partial charge on any atom is 0.0682 e. The van der Waals surface area contributed by atoms with Gasteiger partial charge in [0.2, 0.25) is 0 Å². The van der Waals surface area contributed by atoms with Crippen LogP contribution >= 0.6 is 15.9 Å². The maximum atomic E-state index is 8.83. The molecule has 1 rings (SSSR count). The smallest absolute Gasteiger partial charge is 0.0682 e. The highest BCUT2D eigenvalue weighted by Crippen LogP contribution is 2.16. The Morgan fingerprint density at radius 1 is 1.45 bits per heavy atom. The molecule has 0 saturated heterocycles. The van der Waals surface area contributed by atoms with Gasteiger partial charge >= 0.3 is 0 Å². The summed E-state index contributed by atoms with van der Waals surface area (Å²) in [6, 6.07) is 5.73. The van der Waals surface area contributed by atoms with Gasteiger partial charge in [-0.25, -0.2) is 0 Å². The molecular weight excluding hydrogens is 204 g/mol. The molecule has 0 atom stereocenters. The van der Waals surface area contributed by atoms with Gasteiger partial charge in [-0.05, 0) is 29.3 Å². The molecule has 1 aromatic rings. The fourth-order valence-electron chi connectivity index (χ4n) is 0.885. The van der Waals surface area contributed by atoms with E-state index in [1.165, 1.54) is 0 Å². The molecule has 11 heavy (non-hydrogen) atoms. The van der Waals surface area contributed by atoms with E-state index >= 15 is 0 Å². The number of hydrogen-bond acceptors (Lipinski definition) is 1. The van der Waals surface area contributed by atoms with Crippen molar-refractivity contribution >= 4 is 22.0 Å². The highest BCUT2D eigenvalue weighted by atomic mass is 79.9. The van der Waals surface area contributed by atoms with Gasteiger partial charge in [-0.3, -0.25) is 0 Å². The number of aliphatic hydroxyl groups is 1. The van der Waals surface area contributed by atoms with E-state index in [2.05, 4.69) is 22.5 Å². The molecule has 1 nitrogen and oxygen atoms in total. The van der Waals surface area contributed by atoms with Crippen LogP contribution in [0, 0.1) is 0 Å². The molecule has 0 spiro atoms. The quantitative estimate of drug-likeness (QED) is 0.800. The van der Waals surface area contributed by atoms with Gasteiger partial charge in [0.25, 0.3) is 0 Å². The van der Waals surface area contributed by atoms with Crippen LogP contribution < -0.4 is 0 Å². The van der Waals surface area contributed by atoms with Gasteiger partial charge in [-0.2, -0.15) is 0 Å². The molecule has 1 N–H and O–H groups in total. The highest BCUT2D eigenvalue weighted by molar-refractivity contribution is 9.10. The number of benzene rings is 1. The van der Waals surface area contributed by atoms with Crippen LogP contribution in [0.3, 0.4) is 0 Å². The average molecular weight is 213 g/mol. The Hall–Kier alpha value is -0.600. The lowest BCUT2D eigenvalue weighted by Crippen LogP contribution is -1.83. The number of aliphatic hydroxyl groups excluding tert-OH is 1. The van der Waals surface area contributed by atoms with Crippen molar-refractivity contribution < 1.29 is 5.11 Å². The minimum atomic E-state index is 0.0697. The summed E-state index contributed by atoms with van der Waals surface area (Å²) in [5.74, 6) is 0. The molecule has 58 valence electrons. The summed E-state index contributed by atoms with van der Waals surface area (Å²) in [5, 5.41) is 8.83. The molecule has 0 aromatic heterocycles. The minimum absolute atomic E-state index is 0.0697. The van der Waals surface area contributed by atoms with E-state index in [0.717, 1.165) is 15.6 Å². The molecule has 0 radical (unpaired) electrons. The van der Waals surface area contributed by atoms with Gasteiger partial charge in [-0.1, -0.05) is 28.6 Å². The number of halogens is 1. The van der Waals surface area contributed by atoms with Crippen LogP contribution in [-0.4, -0.2) is 5.11 Å². The third kappa shape index (κ3) is 2.17. The van der Waals surface area contributed by atoms with Crippen LogP contribution in [0.25, 0.3) is 6.08 Å². The van der Waals surface area contributed by atoms with Crippen molar-refractivity contribution in [3.63, 3.8) is 0 Å². The first-order chi connectivity index (χ1) is 5.26. The Bertz CT molecular complexity index is 268. The van der Waals surface area contributed by atoms with E-state index in [0.29, 0.717) is 0 Å². The second-order valence-electron chi connectivity index (χ2n) is 2.26. The van der Waals surface area contributed by atoms with Crippen molar-refractivity contribution in [3.05, 3.63) is 40.4 Å². The number of rotatable bonds is 2. The summed E-state index contributed by atoms with van der Waals surface area (Å²) in [6.45, 7) is 3.71. The third-order valence-electron chi connectivity index (χ3n) is 1.40. The highest BCUT2D eigenvalue weighted by Gasteiger charge is 1.94. The lowest BCUT2D eigenvalue weighted by molar-refractivity contribution is 0.282. The molecule has 0 amide bonds. The summed E-state index contributed by atoms with van der Waals surface area (Å²) in [7, 11) is 0. The van der Waals surface area contributed by atoms with Crippen LogP contribution in [0.5, 0.6) is 0 Å². The van der Waals surface area contributed by atoms with Crippen LogP contribution in [0.2, 0.25) is 0 Å². The Morgan fingerprint density at radius 2 is 2.18 bits per heavy atom. The van der Waals surface area contributed by atoms with Gasteiger partial charge in [0, 0.05) is 4.47 Å². The van der Waals surface area contributed by atoms with Gasteiger partial charge in [0.15, 0.2) is 0 Å². The van der Waals surface area contributed by atoms with Gasteiger partial charge < -0.3 is 5.11 Å². The molecule has 0 bridgehead atoms. The monoisotopic (exact) mass is 212 g/mol. The SMILES string of the molecule is C=Cc1cc(Br)cc(CO)c1. The Kier molecular flexibility index (Phi) is 2.85. The van der Waals surface area contributed by atoms with Crippen molar-refractivity contribution in [1.29, 1.82) is 0 Å². The standard InChI is InChI=1S/C9H9BrO/c1-2-7-3-8(6-11)5-9(10)4-7/h2-5,11H,1,6H2. The summed E-state index contributed by atoms with van der Waals surface area (Å²) >= 11 is 3.34. The molecular formula is C9H9BrO. The Balaban J connectivity index is 3.11. The summed E-state index contributed by atoms with van der Waals surface area (Å²) in [6.07, 6.45) is 1.75. The fraction of sp³-hybridized carbons (Fsp3) is 0.111. The van der Waals surface area contributed by atoms with Crippen LogP contribution in [0.1, 0.15) is 11.1 Å². The Labute approximate surface area is 74.5 Å². The molecule has 0 saturated carbocycles. The van der Waals surface area contributed by atoms with Crippen molar-refractivity contribution in [2.45, 2.75) is 6.61 Å². The lowest BCUT2D eigenvalue weighted by Gasteiger charge is -1.99. The molecule has 0 heterocycles. The first-order valence-electron chi connectivity index (χ1n) is 3.29. The maximum absolute atomic E-state index is 8.83. The Morgan fingerprint density at radius 3 is 2.73 bits per heavy atom. The topological polar surface area (TPSA) is 20.2 Å². The largest absolute Gasteiger partial charge is 0.392 e. The second kappa shape index (κ2) is 3.69. The van der Waals surface area contributed by atoms with E-state index < -0.39 is 0 Å². The lowest BCUT2D eigenvalue weighted by atomic mass is 10.1. The second-order valence-corrected chi connectivity index (χ2v) is 3.17. The minimum Gasteiger partial charge on any atom is -0.392 e. The molecule has 0 aliphatic carbocycles. The average Bonchev–Trinajstić information content (AvgIpc) is 2.03.